The molecule has 1 aromatic heterocycles. The van der Waals surface area contributed by atoms with Crippen LogP contribution < -0.4 is 5.32 Å². The molecule has 20 heavy (non-hydrogen) atoms. The molecule has 1 atom stereocenters. The van der Waals surface area contributed by atoms with Gasteiger partial charge in [0.05, 0.1) is 17.3 Å². The van der Waals surface area contributed by atoms with Crippen molar-refractivity contribution in [3.63, 3.8) is 0 Å². The maximum atomic E-state index is 12.7. The smallest absolute Gasteiger partial charge is 0.385 e. The van der Waals surface area contributed by atoms with E-state index in [2.05, 4.69) is 10.3 Å². The summed E-state index contributed by atoms with van der Waals surface area (Å²) < 4.78 is 38.0. The van der Waals surface area contributed by atoms with Gasteiger partial charge in [0.1, 0.15) is 11.8 Å². The fourth-order valence-electron chi connectivity index (χ4n) is 1.44. The van der Waals surface area contributed by atoms with Crippen molar-refractivity contribution in [3.05, 3.63) is 29.1 Å². The molecule has 0 amide bonds. The molecule has 0 spiro atoms. The number of nitrogens with zero attached hydrogens (tertiary/aromatic N) is 2. The van der Waals surface area contributed by atoms with Gasteiger partial charge >= 0.3 is 6.18 Å². The number of halogens is 3. The first-order valence-electron chi connectivity index (χ1n) is 5.95. The van der Waals surface area contributed by atoms with Crippen molar-refractivity contribution in [1.82, 2.24) is 10.3 Å². The van der Waals surface area contributed by atoms with E-state index in [0.717, 1.165) is 6.07 Å². The lowest BCUT2D eigenvalue weighted by Crippen LogP contribution is -2.38. The molecule has 110 valence electrons. The third-order valence-electron chi connectivity index (χ3n) is 2.43. The Kier molecular flexibility index (Phi) is 4.73. The average Bonchev–Trinajstić information content (AvgIpc) is 2.33. The maximum absolute atomic E-state index is 12.7. The maximum Gasteiger partial charge on any atom is 0.433 e. The molecule has 0 aliphatic carbocycles. The van der Waals surface area contributed by atoms with Gasteiger partial charge in [-0.15, -0.1) is 0 Å². The number of pyridine rings is 1. The number of β-amino-alcohol motifs (C(OH)–C–C–N with tert-alkyl or cyclic N) is 1. The van der Waals surface area contributed by atoms with Crippen molar-refractivity contribution in [1.29, 1.82) is 5.26 Å². The van der Waals surface area contributed by atoms with Crippen LogP contribution >= 0.6 is 0 Å². The van der Waals surface area contributed by atoms with E-state index in [9.17, 15) is 18.3 Å². The van der Waals surface area contributed by atoms with E-state index in [1.165, 1.54) is 0 Å². The molecule has 0 bridgehead atoms. The van der Waals surface area contributed by atoms with Gasteiger partial charge in [-0.3, -0.25) is 0 Å². The van der Waals surface area contributed by atoms with Crippen LogP contribution in [0.3, 0.4) is 0 Å². The monoisotopic (exact) mass is 287 g/mol. The number of nitriles is 1. The van der Waals surface area contributed by atoms with Crippen LogP contribution in [-0.2, 0) is 6.18 Å². The van der Waals surface area contributed by atoms with Crippen LogP contribution in [0.2, 0.25) is 0 Å². The highest BCUT2D eigenvalue weighted by Gasteiger charge is 2.33. The van der Waals surface area contributed by atoms with Gasteiger partial charge in [-0.2, -0.15) is 18.4 Å². The van der Waals surface area contributed by atoms with Gasteiger partial charge in [-0.1, -0.05) is 0 Å². The molecule has 0 aliphatic heterocycles. The van der Waals surface area contributed by atoms with E-state index in [0.29, 0.717) is 6.07 Å². The third-order valence-corrected chi connectivity index (χ3v) is 2.43. The number of hydrogen-bond acceptors (Lipinski definition) is 4. The Balaban J connectivity index is 3.03. The molecular weight excluding hydrogens is 271 g/mol. The molecule has 0 saturated carbocycles. The third kappa shape index (κ3) is 4.79. The van der Waals surface area contributed by atoms with Gasteiger partial charge in [0.2, 0.25) is 0 Å². The van der Waals surface area contributed by atoms with Gasteiger partial charge in [-0.05, 0) is 32.9 Å². The molecule has 1 aromatic rings. The number of nitrogens with one attached hydrogen (secondary N) is 1. The quantitative estimate of drug-likeness (QED) is 0.895. The largest absolute Gasteiger partial charge is 0.433 e. The number of alkyl halides is 3. The molecule has 0 fully saturated rings. The lowest BCUT2D eigenvalue weighted by atomic mass is 10.1. The first-order chi connectivity index (χ1) is 9.03. The Morgan fingerprint density at radius 1 is 1.35 bits per heavy atom. The fourth-order valence-corrected chi connectivity index (χ4v) is 1.44. The molecule has 2 N–H and O–H groups in total. The molecule has 0 aromatic carbocycles. The van der Waals surface area contributed by atoms with Crippen molar-refractivity contribution in [2.24, 2.45) is 0 Å². The number of aliphatic hydroxyl groups is 1. The van der Waals surface area contributed by atoms with E-state index in [1.807, 2.05) is 20.8 Å². The van der Waals surface area contributed by atoms with Gasteiger partial charge in [0, 0.05) is 12.1 Å². The summed E-state index contributed by atoms with van der Waals surface area (Å²) in [6.07, 6.45) is -5.87. The van der Waals surface area contributed by atoms with Gasteiger partial charge < -0.3 is 10.4 Å². The Labute approximate surface area is 115 Å². The van der Waals surface area contributed by atoms with Crippen molar-refractivity contribution in [3.8, 4) is 6.07 Å². The van der Waals surface area contributed by atoms with Gasteiger partial charge in [0.25, 0.3) is 0 Å². The number of aromatic nitrogens is 1. The predicted molar refractivity (Wildman–Crippen MR) is 66.7 cm³/mol. The van der Waals surface area contributed by atoms with Crippen LogP contribution in [0.25, 0.3) is 0 Å². The minimum atomic E-state index is -4.65. The zero-order chi connectivity index (χ0) is 15.6. The minimum Gasteiger partial charge on any atom is -0.385 e. The number of aliphatic hydroxyl groups excluding tert-OH is 1. The number of hydrogen-bond donors (Lipinski definition) is 2. The summed E-state index contributed by atoms with van der Waals surface area (Å²) in [6, 6.07) is 3.45. The molecule has 1 heterocycles. The lowest BCUT2D eigenvalue weighted by Gasteiger charge is -2.23. The van der Waals surface area contributed by atoms with Crippen LogP contribution in [-0.4, -0.2) is 22.2 Å². The van der Waals surface area contributed by atoms with E-state index in [4.69, 9.17) is 5.26 Å². The molecule has 0 aliphatic rings. The highest BCUT2D eigenvalue weighted by Crippen LogP contribution is 2.29. The van der Waals surface area contributed by atoms with Crippen molar-refractivity contribution in [2.75, 3.05) is 6.54 Å². The summed E-state index contributed by atoms with van der Waals surface area (Å²) in [7, 11) is 0. The van der Waals surface area contributed by atoms with Crippen molar-refractivity contribution < 1.29 is 18.3 Å². The summed E-state index contributed by atoms with van der Waals surface area (Å²) in [5.74, 6) is 0. The topological polar surface area (TPSA) is 68.9 Å². The second kappa shape index (κ2) is 5.77. The molecule has 7 heteroatoms. The Hall–Kier alpha value is -1.65. The summed E-state index contributed by atoms with van der Waals surface area (Å²) >= 11 is 0. The SMILES string of the molecule is CC(C)(C)NCC(O)c1cc(C#N)cc(C(F)(F)F)n1. The van der Waals surface area contributed by atoms with Crippen molar-refractivity contribution >= 4 is 0 Å². The van der Waals surface area contributed by atoms with E-state index in [-0.39, 0.29) is 23.3 Å². The molecule has 4 nitrogen and oxygen atoms in total. The number of rotatable bonds is 3. The Morgan fingerprint density at radius 2 is 1.95 bits per heavy atom. The van der Waals surface area contributed by atoms with Crippen LogP contribution in [0.4, 0.5) is 13.2 Å². The highest BCUT2D eigenvalue weighted by atomic mass is 19.4. The average molecular weight is 287 g/mol. The fraction of sp³-hybridized carbons (Fsp3) is 0.538. The second-order valence-corrected chi connectivity index (χ2v) is 5.42. The molecular formula is C13H16F3N3O. The molecule has 1 rings (SSSR count). The van der Waals surface area contributed by atoms with E-state index >= 15 is 0 Å². The van der Waals surface area contributed by atoms with E-state index in [1.54, 1.807) is 6.07 Å². The Morgan fingerprint density at radius 3 is 2.40 bits per heavy atom. The zero-order valence-electron chi connectivity index (χ0n) is 11.4. The molecule has 0 saturated heterocycles. The van der Waals surface area contributed by atoms with Gasteiger partial charge in [-0.25, -0.2) is 4.98 Å². The molecule has 1 unspecified atom stereocenters. The zero-order valence-corrected chi connectivity index (χ0v) is 11.4. The summed E-state index contributed by atoms with van der Waals surface area (Å²) in [4.78, 5) is 3.39. The van der Waals surface area contributed by atoms with Crippen LogP contribution in [0.5, 0.6) is 0 Å². The van der Waals surface area contributed by atoms with Crippen LogP contribution in [0, 0.1) is 11.3 Å². The first kappa shape index (κ1) is 16.4. The van der Waals surface area contributed by atoms with Crippen LogP contribution in [0.15, 0.2) is 12.1 Å². The standard InChI is InChI=1S/C13H16F3N3O/c1-12(2,3)18-7-10(20)9-4-8(6-17)5-11(19-9)13(14,15)16/h4-5,10,18,20H,7H2,1-3H3. The normalized spacial score (nSPS) is 13.9. The summed E-state index contributed by atoms with van der Waals surface area (Å²) in [6.45, 7) is 5.63. The van der Waals surface area contributed by atoms with Crippen molar-refractivity contribution in [2.45, 2.75) is 38.6 Å². The lowest BCUT2D eigenvalue weighted by molar-refractivity contribution is -0.141. The second-order valence-electron chi connectivity index (χ2n) is 5.42. The highest BCUT2D eigenvalue weighted by molar-refractivity contribution is 5.33. The summed E-state index contributed by atoms with van der Waals surface area (Å²) in [5, 5.41) is 21.6. The van der Waals surface area contributed by atoms with Gasteiger partial charge in [0.15, 0.2) is 0 Å². The molecule has 0 radical (unpaired) electrons. The van der Waals surface area contributed by atoms with Crippen LogP contribution in [0.1, 0.15) is 43.8 Å². The first-order valence-corrected chi connectivity index (χ1v) is 5.95. The summed E-state index contributed by atoms with van der Waals surface area (Å²) in [5.41, 5.74) is -1.83. The Bertz CT molecular complexity index is 515. The van der Waals surface area contributed by atoms with E-state index < -0.39 is 18.0 Å². The predicted octanol–water partition coefficient (Wildman–Crippen LogP) is 2.39. The minimum absolute atomic E-state index is 0.0443.